The zero-order valence-corrected chi connectivity index (χ0v) is 16.4. The largest absolute Gasteiger partial charge is 0.467 e. The van der Waals surface area contributed by atoms with Crippen molar-refractivity contribution in [3.63, 3.8) is 0 Å². The van der Waals surface area contributed by atoms with Crippen LogP contribution in [0.4, 0.5) is 5.69 Å². The summed E-state index contributed by atoms with van der Waals surface area (Å²) in [6.45, 7) is 3.09. The summed E-state index contributed by atoms with van der Waals surface area (Å²) in [7, 11) is 0. The second-order valence-electron chi connectivity index (χ2n) is 5.99. The van der Waals surface area contributed by atoms with Crippen LogP contribution in [0.1, 0.15) is 16.1 Å². The Kier molecular flexibility index (Phi) is 9.31. The number of hydrogen-bond donors (Lipinski definition) is 2. The molecule has 0 unspecified atom stereocenters. The van der Waals surface area contributed by atoms with Gasteiger partial charge in [-0.25, -0.2) is 0 Å². The van der Waals surface area contributed by atoms with Crippen LogP contribution in [-0.4, -0.2) is 54.3 Å². The third kappa shape index (κ3) is 6.25. The summed E-state index contributed by atoms with van der Waals surface area (Å²) >= 11 is 0. The van der Waals surface area contributed by atoms with Crippen LogP contribution in [0.3, 0.4) is 0 Å². The van der Waals surface area contributed by atoms with E-state index in [1.807, 2.05) is 35.2 Å². The van der Waals surface area contributed by atoms with E-state index >= 15 is 0 Å². The average molecular weight is 415 g/mol. The molecule has 1 fully saturated rings. The standard InChI is InChI=1S/C18H22N4O3.2ClH/c19-11-16-10-14(13-25-16)18(24)22-8-6-21(7-9-22)12-17(23)20-15-4-2-1-3-5-15;;/h1-5,10,13H,6-9,11-12,19H2,(H,20,23);2*1H. The van der Waals surface area contributed by atoms with Gasteiger partial charge in [-0.3, -0.25) is 14.5 Å². The number of rotatable bonds is 5. The molecule has 1 aromatic carbocycles. The molecule has 2 amide bonds. The van der Waals surface area contributed by atoms with E-state index in [1.54, 1.807) is 11.0 Å². The number of amides is 2. The maximum absolute atomic E-state index is 12.4. The van der Waals surface area contributed by atoms with Crippen molar-refractivity contribution in [3.8, 4) is 0 Å². The number of nitrogens with one attached hydrogen (secondary N) is 1. The normalized spacial score (nSPS) is 14.0. The number of para-hydroxylation sites is 1. The molecule has 148 valence electrons. The second-order valence-corrected chi connectivity index (χ2v) is 5.99. The van der Waals surface area contributed by atoms with Crippen molar-refractivity contribution in [1.82, 2.24) is 9.80 Å². The third-order valence-corrected chi connectivity index (χ3v) is 4.19. The van der Waals surface area contributed by atoms with Crippen LogP contribution in [0.2, 0.25) is 0 Å². The molecule has 0 radical (unpaired) electrons. The number of nitrogens with zero attached hydrogens (tertiary/aromatic N) is 2. The van der Waals surface area contributed by atoms with Crippen molar-refractivity contribution in [1.29, 1.82) is 0 Å². The molecule has 0 aliphatic carbocycles. The van der Waals surface area contributed by atoms with Crippen molar-refractivity contribution in [2.45, 2.75) is 6.54 Å². The molecule has 0 bridgehead atoms. The fraction of sp³-hybridized carbons (Fsp3) is 0.333. The van der Waals surface area contributed by atoms with Crippen molar-refractivity contribution in [2.75, 3.05) is 38.0 Å². The first kappa shape index (κ1) is 23.0. The van der Waals surface area contributed by atoms with E-state index in [2.05, 4.69) is 5.32 Å². The predicted molar refractivity (Wildman–Crippen MR) is 109 cm³/mol. The lowest BCUT2D eigenvalue weighted by molar-refractivity contribution is -0.117. The molecule has 1 aliphatic heterocycles. The number of hydrogen-bond acceptors (Lipinski definition) is 5. The lowest BCUT2D eigenvalue weighted by Crippen LogP contribution is -2.50. The number of carbonyl (C=O) groups is 2. The Balaban J connectivity index is 0.00000182. The number of halogens is 2. The van der Waals surface area contributed by atoms with Crippen LogP contribution in [-0.2, 0) is 11.3 Å². The first-order chi connectivity index (χ1) is 12.2. The smallest absolute Gasteiger partial charge is 0.257 e. The molecular formula is C18H24Cl2N4O3. The van der Waals surface area contributed by atoms with Gasteiger partial charge in [0.2, 0.25) is 5.91 Å². The Morgan fingerprint density at radius 3 is 2.33 bits per heavy atom. The van der Waals surface area contributed by atoms with E-state index in [0.717, 1.165) is 5.69 Å². The minimum atomic E-state index is -0.0585. The first-order valence-electron chi connectivity index (χ1n) is 8.29. The third-order valence-electron chi connectivity index (χ3n) is 4.19. The minimum absolute atomic E-state index is 0. The number of piperazine rings is 1. The first-order valence-corrected chi connectivity index (χ1v) is 8.29. The van der Waals surface area contributed by atoms with Gasteiger partial charge >= 0.3 is 0 Å². The molecule has 2 heterocycles. The van der Waals surface area contributed by atoms with Gasteiger partial charge in [0.15, 0.2) is 0 Å². The molecular weight excluding hydrogens is 391 g/mol. The Labute approximate surface area is 170 Å². The van der Waals surface area contributed by atoms with Gasteiger partial charge in [-0.05, 0) is 18.2 Å². The van der Waals surface area contributed by atoms with Gasteiger partial charge in [-0.1, -0.05) is 18.2 Å². The lowest BCUT2D eigenvalue weighted by atomic mass is 10.2. The zero-order chi connectivity index (χ0) is 17.6. The fourth-order valence-corrected chi connectivity index (χ4v) is 2.82. The maximum atomic E-state index is 12.4. The highest BCUT2D eigenvalue weighted by molar-refractivity contribution is 5.94. The number of nitrogens with two attached hydrogens (primary N) is 1. The van der Waals surface area contributed by atoms with E-state index in [4.69, 9.17) is 10.2 Å². The number of carbonyl (C=O) groups excluding carboxylic acids is 2. The Morgan fingerprint density at radius 2 is 1.74 bits per heavy atom. The van der Waals surface area contributed by atoms with Gasteiger partial charge in [0, 0.05) is 31.9 Å². The van der Waals surface area contributed by atoms with Crippen LogP contribution < -0.4 is 11.1 Å². The molecule has 7 nitrogen and oxygen atoms in total. The van der Waals surface area contributed by atoms with Gasteiger partial charge < -0.3 is 20.4 Å². The quantitative estimate of drug-likeness (QED) is 0.779. The van der Waals surface area contributed by atoms with Gasteiger partial charge in [-0.15, -0.1) is 24.8 Å². The molecule has 27 heavy (non-hydrogen) atoms. The average Bonchev–Trinajstić information content (AvgIpc) is 3.12. The summed E-state index contributed by atoms with van der Waals surface area (Å²) in [5, 5.41) is 2.87. The van der Waals surface area contributed by atoms with Crippen molar-refractivity contribution in [3.05, 3.63) is 54.0 Å². The Bertz CT molecular complexity index is 731. The molecule has 1 aromatic heterocycles. The summed E-state index contributed by atoms with van der Waals surface area (Å²) in [6, 6.07) is 11.1. The van der Waals surface area contributed by atoms with Crippen LogP contribution in [0, 0.1) is 0 Å². The molecule has 3 N–H and O–H groups in total. The highest BCUT2D eigenvalue weighted by atomic mass is 35.5. The van der Waals surface area contributed by atoms with E-state index in [1.165, 1.54) is 6.26 Å². The van der Waals surface area contributed by atoms with Crippen LogP contribution >= 0.6 is 24.8 Å². The van der Waals surface area contributed by atoms with Crippen LogP contribution in [0.15, 0.2) is 47.1 Å². The Morgan fingerprint density at radius 1 is 1.07 bits per heavy atom. The zero-order valence-electron chi connectivity index (χ0n) is 14.8. The summed E-state index contributed by atoms with van der Waals surface area (Å²) in [5.74, 6) is 0.491. The fourth-order valence-electron chi connectivity index (χ4n) is 2.82. The molecule has 3 rings (SSSR count). The Hall–Kier alpha value is -2.06. The minimum Gasteiger partial charge on any atom is -0.467 e. The molecule has 0 spiro atoms. The molecule has 2 aromatic rings. The monoisotopic (exact) mass is 414 g/mol. The van der Waals surface area contributed by atoms with E-state index in [-0.39, 0.29) is 43.2 Å². The second kappa shape index (κ2) is 10.9. The highest BCUT2D eigenvalue weighted by Gasteiger charge is 2.24. The maximum Gasteiger partial charge on any atom is 0.257 e. The summed E-state index contributed by atoms with van der Waals surface area (Å²) in [6.07, 6.45) is 1.45. The van der Waals surface area contributed by atoms with Gasteiger partial charge in [0.25, 0.3) is 5.91 Å². The van der Waals surface area contributed by atoms with E-state index < -0.39 is 0 Å². The topological polar surface area (TPSA) is 91.8 Å². The number of anilines is 1. The summed E-state index contributed by atoms with van der Waals surface area (Å²) in [4.78, 5) is 28.3. The molecule has 1 saturated heterocycles. The number of benzene rings is 1. The summed E-state index contributed by atoms with van der Waals surface area (Å²) in [5.41, 5.74) is 6.81. The van der Waals surface area contributed by atoms with Crippen molar-refractivity contribution >= 4 is 42.3 Å². The highest BCUT2D eigenvalue weighted by Crippen LogP contribution is 2.13. The van der Waals surface area contributed by atoms with Crippen molar-refractivity contribution in [2.24, 2.45) is 5.73 Å². The van der Waals surface area contributed by atoms with E-state index in [9.17, 15) is 9.59 Å². The summed E-state index contributed by atoms with van der Waals surface area (Å²) < 4.78 is 5.22. The van der Waals surface area contributed by atoms with Crippen LogP contribution in [0.5, 0.6) is 0 Å². The molecule has 9 heteroatoms. The van der Waals surface area contributed by atoms with Gasteiger partial charge in [-0.2, -0.15) is 0 Å². The molecule has 0 atom stereocenters. The SMILES string of the molecule is Cl.Cl.NCc1cc(C(=O)N2CCN(CC(=O)Nc3ccccc3)CC2)co1. The molecule has 0 saturated carbocycles. The number of furan rings is 1. The van der Waals surface area contributed by atoms with Gasteiger partial charge in [0.1, 0.15) is 12.0 Å². The molecule has 1 aliphatic rings. The lowest BCUT2D eigenvalue weighted by Gasteiger charge is -2.34. The van der Waals surface area contributed by atoms with Crippen molar-refractivity contribution < 1.29 is 14.0 Å². The van der Waals surface area contributed by atoms with E-state index in [0.29, 0.717) is 44.0 Å². The predicted octanol–water partition coefficient (Wildman–Crippen LogP) is 1.98. The van der Waals surface area contributed by atoms with Crippen LogP contribution in [0.25, 0.3) is 0 Å². The van der Waals surface area contributed by atoms with Gasteiger partial charge in [0.05, 0.1) is 18.7 Å².